The first-order chi connectivity index (χ1) is 8.63. The molecule has 1 saturated carbocycles. The highest BCUT2D eigenvalue weighted by molar-refractivity contribution is 5.75. The van der Waals surface area contributed by atoms with Crippen molar-refractivity contribution in [3.8, 4) is 0 Å². The zero-order valence-electron chi connectivity index (χ0n) is 10.1. The molecular weight excluding hydrogens is 236 g/mol. The second-order valence-corrected chi connectivity index (χ2v) is 4.95. The number of hydrogen-bond acceptors (Lipinski definition) is 4. The van der Waals surface area contributed by atoms with Gasteiger partial charge in [-0.1, -0.05) is 12.2 Å². The molecule has 5 nitrogen and oxygen atoms in total. The van der Waals surface area contributed by atoms with Crippen LogP contribution in [0.25, 0.3) is 0 Å². The number of carboxylic acids is 1. The molecule has 2 aliphatic carbocycles. The summed E-state index contributed by atoms with van der Waals surface area (Å²) < 4.78 is 5.31. The first-order valence-electron chi connectivity index (χ1n) is 6.35. The molecule has 4 atom stereocenters. The second kappa shape index (κ2) is 5.52. The topological polar surface area (TPSA) is 83.8 Å². The third-order valence-electron chi connectivity index (χ3n) is 3.73. The highest BCUT2D eigenvalue weighted by Crippen LogP contribution is 2.45. The number of fused-ring (bicyclic) bond motifs is 2. The summed E-state index contributed by atoms with van der Waals surface area (Å²) in [6, 6.07) is 0. The normalized spacial score (nSPS) is 32.7. The van der Waals surface area contributed by atoms with E-state index in [1.165, 1.54) is 0 Å². The molecule has 1 fully saturated rings. The van der Waals surface area contributed by atoms with Gasteiger partial charge in [-0.2, -0.15) is 0 Å². The number of aliphatic carboxylic acids is 1. The van der Waals surface area contributed by atoms with E-state index in [9.17, 15) is 14.7 Å². The highest BCUT2D eigenvalue weighted by Gasteiger charge is 2.50. The summed E-state index contributed by atoms with van der Waals surface area (Å²) in [6.07, 6.45) is 5.50. The third kappa shape index (κ3) is 2.56. The molecule has 4 unspecified atom stereocenters. The summed E-state index contributed by atoms with van der Waals surface area (Å²) in [7, 11) is 0. The van der Waals surface area contributed by atoms with Crippen LogP contribution >= 0.6 is 0 Å². The van der Waals surface area contributed by atoms with Gasteiger partial charge in [-0.3, -0.25) is 9.59 Å². The lowest BCUT2D eigenvalue weighted by Crippen LogP contribution is -2.35. The Kier molecular flexibility index (Phi) is 4.01. The van der Waals surface area contributed by atoms with Crippen molar-refractivity contribution in [1.29, 1.82) is 0 Å². The molecule has 2 N–H and O–H groups in total. The number of esters is 1. The van der Waals surface area contributed by atoms with E-state index in [-0.39, 0.29) is 30.8 Å². The zero-order chi connectivity index (χ0) is 13.1. The van der Waals surface area contributed by atoms with Crippen LogP contribution in [0.2, 0.25) is 0 Å². The molecule has 0 amide bonds. The zero-order valence-corrected chi connectivity index (χ0v) is 10.1. The maximum Gasteiger partial charge on any atom is 0.310 e. The molecule has 0 aromatic rings. The minimum absolute atomic E-state index is 0.00254. The SMILES string of the molecule is O=C(CCCCO)OC1C2C=CC(C2)C1C(=O)O. The number of allylic oxidation sites excluding steroid dienone is 1. The van der Waals surface area contributed by atoms with Gasteiger partial charge in [0.2, 0.25) is 0 Å². The predicted octanol–water partition coefficient (Wildman–Crippen LogP) is 0.968. The number of carbonyl (C=O) groups is 2. The predicted molar refractivity (Wildman–Crippen MR) is 62.7 cm³/mol. The van der Waals surface area contributed by atoms with E-state index in [4.69, 9.17) is 9.84 Å². The van der Waals surface area contributed by atoms with Gasteiger partial charge in [0, 0.05) is 18.9 Å². The summed E-state index contributed by atoms with van der Waals surface area (Å²) in [6.45, 7) is 0.0574. The highest BCUT2D eigenvalue weighted by atomic mass is 16.5. The Balaban J connectivity index is 1.90. The number of unbranched alkanes of at least 4 members (excludes halogenated alkanes) is 1. The van der Waals surface area contributed by atoms with Crippen molar-refractivity contribution >= 4 is 11.9 Å². The molecule has 0 heterocycles. The molecule has 0 aromatic heterocycles. The lowest BCUT2D eigenvalue weighted by molar-refractivity contribution is -0.159. The molecule has 2 rings (SSSR count). The number of rotatable bonds is 6. The summed E-state index contributed by atoms with van der Waals surface area (Å²) in [5.41, 5.74) is 0. The fourth-order valence-corrected chi connectivity index (χ4v) is 2.85. The van der Waals surface area contributed by atoms with Crippen molar-refractivity contribution in [1.82, 2.24) is 0 Å². The van der Waals surface area contributed by atoms with Crippen LogP contribution in [0.4, 0.5) is 0 Å². The Bertz CT molecular complexity index is 362. The van der Waals surface area contributed by atoms with Crippen LogP contribution in [0.1, 0.15) is 25.7 Å². The number of aliphatic hydroxyl groups is 1. The first-order valence-corrected chi connectivity index (χ1v) is 6.35. The standard InChI is InChI=1S/C13H18O5/c14-6-2-1-3-10(15)18-12-9-5-4-8(7-9)11(12)13(16)17/h4-5,8-9,11-12,14H,1-3,6-7H2,(H,16,17). The van der Waals surface area contributed by atoms with Crippen molar-refractivity contribution < 1.29 is 24.5 Å². The van der Waals surface area contributed by atoms with Crippen molar-refractivity contribution in [3.63, 3.8) is 0 Å². The molecule has 18 heavy (non-hydrogen) atoms. The Morgan fingerprint density at radius 3 is 2.61 bits per heavy atom. The van der Waals surface area contributed by atoms with Crippen molar-refractivity contribution in [2.24, 2.45) is 17.8 Å². The molecular formula is C13H18O5. The minimum atomic E-state index is -0.889. The van der Waals surface area contributed by atoms with Crippen LogP contribution in [-0.4, -0.2) is 34.9 Å². The van der Waals surface area contributed by atoms with Gasteiger partial charge in [0.25, 0.3) is 0 Å². The van der Waals surface area contributed by atoms with Crippen LogP contribution in [0.3, 0.4) is 0 Å². The first kappa shape index (κ1) is 13.1. The van der Waals surface area contributed by atoms with Gasteiger partial charge in [-0.15, -0.1) is 0 Å². The molecule has 5 heteroatoms. The van der Waals surface area contributed by atoms with Crippen molar-refractivity contribution in [2.45, 2.75) is 31.8 Å². The van der Waals surface area contributed by atoms with E-state index < -0.39 is 18.0 Å². The van der Waals surface area contributed by atoms with Crippen LogP contribution < -0.4 is 0 Å². The lowest BCUT2D eigenvalue weighted by atomic mass is 9.91. The van der Waals surface area contributed by atoms with Crippen LogP contribution in [0, 0.1) is 17.8 Å². The maximum atomic E-state index is 11.6. The van der Waals surface area contributed by atoms with Crippen LogP contribution in [0.5, 0.6) is 0 Å². The number of carboxylic acid groups (broad SMARTS) is 1. The van der Waals surface area contributed by atoms with Crippen LogP contribution in [0.15, 0.2) is 12.2 Å². The quantitative estimate of drug-likeness (QED) is 0.419. The van der Waals surface area contributed by atoms with Gasteiger partial charge in [0.1, 0.15) is 12.0 Å². The van der Waals surface area contributed by atoms with E-state index >= 15 is 0 Å². The van der Waals surface area contributed by atoms with Gasteiger partial charge in [-0.05, 0) is 25.2 Å². The van der Waals surface area contributed by atoms with E-state index in [2.05, 4.69) is 0 Å². The Morgan fingerprint density at radius 2 is 1.94 bits per heavy atom. The summed E-state index contributed by atoms with van der Waals surface area (Å²) in [5.74, 6) is -1.79. The Hall–Kier alpha value is -1.36. The number of aliphatic hydroxyl groups excluding tert-OH is 1. The molecule has 0 aliphatic heterocycles. The molecule has 0 spiro atoms. The summed E-state index contributed by atoms with van der Waals surface area (Å²) in [4.78, 5) is 22.8. The molecule has 100 valence electrons. The van der Waals surface area contributed by atoms with Crippen molar-refractivity contribution in [2.75, 3.05) is 6.61 Å². The molecule has 2 bridgehead atoms. The number of carbonyl (C=O) groups excluding carboxylic acids is 1. The molecule has 2 aliphatic rings. The van der Waals surface area contributed by atoms with E-state index in [1.807, 2.05) is 12.2 Å². The minimum Gasteiger partial charge on any atom is -0.481 e. The third-order valence-corrected chi connectivity index (χ3v) is 3.73. The van der Waals surface area contributed by atoms with Gasteiger partial charge in [-0.25, -0.2) is 0 Å². The molecule has 0 aromatic carbocycles. The Labute approximate surface area is 105 Å². The smallest absolute Gasteiger partial charge is 0.310 e. The number of ether oxygens (including phenoxy) is 1. The maximum absolute atomic E-state index is 11.6. The number of hydrogen-bond donors (Lipinski definition) is 2. The molecule has 0 saturated heterocycles. The molecule has 0 radical (unpaired) electrons. The lowest BCUT2D eigenvalue weighted by Gasteiger charge is -2.24. The van der Waals surface area contributed by atoms with Gasteiger partial charge in [0.15, 0.2) is 0 Å². The fraction of sp³-hybridized carbons (Fsp3) is 0.692. The van der Waals surface area contributed by atoms with E-state index in [1.54, 1.807) is 0 Å². The van der Waals surface area contributed by atoms with Gasteiger partial charge in [0.05, 0.1) is 0 Å². The van der Waals surface area contributed by atoms with Crippen molar-refractivity contribution in [3.05, 3.63) is 12.2 Å². The Morgan fingerprint density at radius 1 is 1.22 bits per heavy atom. The largest absolute Gasteiger partial charge is 0.481 e. The average molecular weight is 254 g/mol. The summed E-state index contributed by atoms with van der Waals surface area (Å²) in [5, 5.41) is 17.8. The van der Waals surface area contributed by atoms with Crippen LogP contribution in [-0.2, 0) is 14.3 Å². The summed E-state index contributed by atoms with van der Waals surface area (Å²) >= 11 is 0. The average Bonchev–Trinajstić information content (AvgIpc) is 2.89. The van der Waals surface area contributed by atoms with E-state index in [0.29, 0.717) is 12.8 Å². The second-order valence-electron chi connectivity index (χ2n) is 4.95. The van der Waals surface area contributed by atoms with E-state index in [0.717, 1.165) is 6.42 Å². The van der Waals surface area contributed by atoms with Gasteiger partial charge >= 0.3 is 11.9 Å². The monoisotopic (exact) mass is 254 g/mol. The van der Waals surface area contributed by atoms with Gasteiger partial charge < -0.3 is 14.9 Å². The fourth-order valence-electron chi connectivity index (χ4n) is 2.85.